The Morgan fingerprint density at radius 1 is 1.11 bits per heavy atom. The van der Waals surface area contributed by atoms with Crippen LogP contribution in [0.4, 0.5) is 15.9 Å². The number of imidazole rings is 1. The molecule has 0 spiro atoms. The molecule has 1 aliphatic carbocycles. The summed E-state index contributed by atoms with van der Waals surface area (Å²) in [5.74, 6) is 0.856. The number of nitrogens with one attached hydrogen (secondary N) is 2. The molecule has 0 bridgehead atoms. The molecule has 1 amide bonds. The van der Waals surface area contributed by atoms with E-state index in [2.05, 4.69) is 31.8 Å². The fourth-order valence-corrected chi connectivity index (χ4v) is 4.47. The minimum absolute atomic E-state index is 0.253. The molecule has 1 aliphatic heterocycles. The van der Waals surface area contributed by atoms with Gasteiger partial charge in [0.1, 0.15) is 11.6 Å². The number of benzene rings is 2. The van der Waals surface area contributed by atoms with Crippen LogP contribution in [0.3, 0.4) is 0 Å². The third-order valence-electron chi connectivity index (χ3n) is 6.71. The maximum Gasteiger partial charge on any atom is 0.251 e. The molecule has 0 atom stereocenters. The van der Waals surface area contributed by atoms with Crippen LogP contribution >= 0.6 is 0 Å². The lowest BCUT2D eigenvalue weighted by molar-refractivity contribution is 0.0929. The second-order valence-corrected chi connectivity index (χ2v) is 9.86. The van der Waals surface area contributed by atoms with Gasteiger partial charge in [0, 0.05) is 47.1 Å². The largest absolute Gasteiger partial charge is 0.351 e. The molecule has 8 heteroatoms. The first-order chi connectivity index (χ1) is 16.9. The van der Waals surface area contributed by atoms with E-state index in [0.717, 1.165) is 22.5 Å². The Bertz CT molecular complexity index is 1440. The van der Waals surface area contributed by atoms with Crippen LogP contribution in [0.5, 0.6) is 0 Å². The van der Waals surface area contributed by atoms with Crippen LogP contribution in [0.15, 0.2) is 61.2 Å². The number of rotatable bonds is 5. The number of amides is 1. The van der Waals surface area contributed by atoms with Crippen molar-refractivity contribution in [2.24, 2.45) is 0 Å². The summed E-state index contributed by atoms with van der Waals surface area (Å²) in [6.07, 6.45) is 8.03. The highest BCUT2D eigenvalue weighted by Crippen LogP contribution is 2.39. The van der Waals surface area contributed by atoms with Crippen molar-refractivity contribution >= 4 is 17.4 Å². The van der Waals surface area contributed by atoms with Gasteiger partial charge in [-0.05, 0) is 60.9 Å². The predicted octanol–water partition coefficient (Wildman–Crippen LogP) is 5.11. The topological polar surface area (TPSA) is 84.7 Å². The highest BCUT2D eigenvalue weighted by atomic mass is 19.1. The average Bonchev–Trinajstić information content (AvgIpc) is 3.59. The molecule has 1 fully saturated rings. The number of carbonyl (C=O) groups is 1. The number of aromatic nitrogens is 4. The fraction of sp³-hybridized carbons (Fsp3) is 0.259. The molecule has 0 radical (unpaired) electrons. The van der Waals surface area contributed by atoms with E-state index in [1.807, 2.05) is 49.0 Å². The molecular weight excluding hydrogens is 443 g/mol. The van der Waals surface area contributed by atoms with Gasteiger partial charge in [0.05, 0.1) is 17.7 Å². The molecule has 7 nitrogen and oxygen atoms in total. The summed E-state index contributed by atoms with van der Waals surface area (Å²) < 4.78 is 16.9. The van der Waals surface area contributed by atoms with Crippen molar-refractivity contribution in [3.05, 3.63) is 83.8 Å². The van der Waals surface area contributed by atoms with Gasteiger partial charge in [0.25, 0.3) is 5.91 Å². The van der Waals surface area contributed by atoms with Crippen molar-refractivity contribution in [2.45, 2.75) is 38.0 Å². The average molecular weight is 469 g/mol. The Hall–Kier alpha value is -4.07. The van der Waals surface area contributed by atoms with Crippen LogP contribution in [-0.4, -0.2) is 32.0 Å². The van der Waals surface area contributed by atoms with Gasteiger partial charge in [0.2, 0.25) is 0 Å². The SMILES string of the molecule is CC1(C)CNC(=O)c2cc(F)c(Nc3ccnc(-c4ccc(-n5cnc(C6CC6)c5)cc4)n3)cc21. The van der Waals surface area contributed by atoms with E-state index in [0.29, 0.717) is 29.7 Å². The predicted molar refractivity (Wildman–Crippen MR) is 132 cm³/mol. The van der Waals surface area contributed by atoms with E-state index in [1.54, 1.807) is 18.3 Å². The Kier molecular flexibility index (Phi) is 4.91. The number of anilines is 2. The minimum Gasteiger partial charge on any atom is -0.351 e. The lowest BCUT2D eigenvalue weighted by Gasteiger charge is -2.33. The maximum absolute atomic E-state index is 14.9. The third kappa shape index (κ3) is 4.05. The summed E-state index contributed by atoms with van der Waals surface area (Å²) in [7, 11) is 0. The van der Waals surface area contributed by atoms with E-state index in [-0.39, 0.29) is 17.0 Å². The summed E-state index contributed by atoms with van der Waals surface area (Å²) in [6, 6.07) is 12.6. The number of nitrogens with zero attached hydrogens (tertiary/aromatic N) is 4. The second kappa shape index (κ2) is 8.01. The van der Waals surface area contributed by atoms with Crippen molar-refractivity contribution in [3.63, 3.8) is 0 Å². The first kappa shape index (κ1) is 21.5. The molecule has 2 aliphatic rings. The summed E-state index contributed by atoms with van der Waals surface area (Å²) in [4.78, 5) is 25.7. The number of hydrogen-bond donors (Lipinski definition) is 2. The second-order valence-electron chi connectivity index (χ2n) is 9.86. The van der Waals surface area contributed by atoms with Crippen molar-refractivity contribution in [1.82, 2.24) is 24.8 Å². The smallest absolute Gasteiger partial charge is 0.251 e. The molecule has 0 saturated heterocycles. The van der Waals surface area contributed by atoms with Crippen LogP contribution < -0.4 is 10.6 Å². The van der Waals surface area contributed by atoms with Crippen LogP contribution in [0.1, 0.15) is 54.2 Å². The standard InChI is InChI=1S/C27H25FN6O/c1-27(2)14-30-26(35)19-11-21(28)22(12-20(19)27)32-24-9-10-29-25(33-24)17-5-7-18(8-6-17)34-13-23(31-15-34)16-3-4-16/h5-13,15-16H,3-4,14H2,1-2H3,(H,30,35)(H,29,32,33). The van der Waals surface area contributed by atoms with Crippen LogP contribution in [-0.2, 0) is 5.41 Å². The molecule has 3 heterocycles. The zero-order valence-corrected chi connectivity index (χ0v) is 19.5. The highest BCUT2D eigenvalue weighted by molar-refractivity contribution is 5.98. The summed E-state index contributed by atoms with van der Waals surface area (Å²) in [5.41, 5.74) is 4.16. The zero-order valence-electron chi connectivity index (χ0n) is 19.5. The highest BCUT2D eigenvalue weighted by Gasteiger charge is 2.33. The molecule has 2 aromatic carbocycles. The molecule has 4 aromatic rings. The summed E-state index contributed by atoms with van der Waals surface area (Å²) >= 11 is 0. The van der Waals surface area contributed by atoms with Gasteiger partial charge in [0.15, 0.2) is 5.82 Å². The number of fused-ring (bicyclic) bond motifs is 1. The lowest BCUT2D eigenvalue weighted by Crippen LogP contribution is -2.43. The normalized spacial score (nSPS) is 16.5. The van der Waals surface area contributed by atoms with Crippen molar-refractivity contribution in [3.8, 4) is 17.1 Å². The van der Waals surface area contributed by atoms with Crippen molar-refractivity contribution in [1.29, 1.82) is 0 Å². The van der Waals surface area contributed by atoms with E-state index in [4.69, 9.17) is 0 Å². The van der Waals surface area contributed by atoms with Gasteiger partial charge in [-0.3, -0.25) is 4.79 Å². The first-order valence-electron chi connectivity index (χ1n) is 11.7. The van der Waals surface area contributed by atoms with Gasteiger partial charge < -0.3 is 15.2 Å². The van der Waals surface area contributed by atoms with E-state index in [1.165, 1.54) is 18.9 Å². The summed E-state index contributed by atoms with van der Waals surface area (Å²) in [6.45, 7) is 4.55. The van der Waals surface area contributed by atoms with Gasteiger partial charge in [-0.2, -0.15) is 0 Å². The molecule has 35 heavy (non-hydrogen) atoms. The number of hydrogen-bond acceptors (Lipinski definition) is 5. The minimum atomic E-state index is -0.507. The number of carbonyl (C=O) groups excluding carboxylic acids is 1. The van der Waals surface area contributed by atoms with E-state index in [9.17, 15) is 9.18 Å². The van der Waals surface area contributed by atoms with Crippen molar-refractivity contribution in [2.75, 3.05) is 11.9 Å². The Labute approximate surface area is 202 Å². The van der Waals surface area contributed by atoms with Crippen molar-refractivity contribution < 1.29 is 9.18 Å². The molecule has 2 aromatic heterocycles. The molecule has 176 valence electrons. The van der Waals surface area contributed by atoms with E-state index >= 15 is 0 Å². The molecule has 2 N–H and O–H groups in total. The maximum atomic E-state index is 14.9. The van der Waals surface area contributed by atoms with Crippen LogP contribution in [0.25, 0.3) is 17.1 Å². The first-order valence-corrected chi connectivity index (χ1v) is 11.7. The zero-order chi connectivity index (χ0) is 24.2. The fourth-order valence-electron chi connectivity index (χ4n) is 4.47. The Morgan fingerprint density at radius 3 is 2.69 bits per heavy atom. The quantitative estimate of drug-likeness (QED) is 0.425. The van der Waals surface area contributed by atoms with Crippen LogP contribution in [0.2, 0.25) is 0 Å². The monoisotopic (exact) mass is 468 g/mol. The molecular formula is C27H25FN6O. The van der Waals surface area contributed by atoms with Gasteiger partial charge in [-0.25, -0.2) is 19.3 Å². The third-order valence-corrected chi connectivity index (χ3v) is 6.71. The lowest BCUT2D eigenvalue weighted by atomic mass is 9.78. The number of halogens is 1. The van der Waals surface area contributed by atoms with Gasteiger partial charge in [-0.15, -0.1) is 0 Å². The molecule has 1 saturated carbocycles. The molecule has 0 unspecified atom stereocenters. The van der Waals surface area contributed by atoms with E-state index < -0.39 is 5.82 Å². The Balaban J connectivity index is 1.25. The van der Waals surface area contributed by atoms with Gasteiger partial charge >= 0.3 is 0 Å². The summed E-state index contributed by atoms with van der Waals surface area (Å²) in [5, 5.41) is 5.89. The Morgan fingerprint density at radius 2 is 1.91 bits per heavy atom. The molecule has 6 rings (SSSR count). The van der Waals surface area contributed by atoms with Gasteiger partial charge in [-0.1, -0.05) is 13.8 Å². The van der Waals surface area contributed by atoms with Crippen LogP contribution in [0, 0.1) is 5.82 Å².